The van der Waals surface area contributed by atoms with E-state index in [0.717, 1.165) is 29.3 Å². The van der Waals surface area contributed by atoms with Crippen LogP contribution in [0.5, 0.6) is 11.5 Å². The molecule has 0 saturated carbocycles. The zero-order chi connectivity index (χ0) is 16.7. The standard InChI is InChI=1S/C20H25NO2/c1-5-11-23-19-10-8-17(13-20(19)22-6-2)14-21-18-9-7-15(3)12-16(18)4/h5,7-10,12-13,21H,1,6,11,14H2,2-4H3. The lowest BCUT2D eigenvalue weighted by molar-refractivity contribution is 0.296. The summed E-state index contributed by atoms with van der Waals surface area (Å²) >= 11 is 0. The fourth-order valence-corrected chi connectivity index (χ4v) is 2.41. The van der Waals surface area contributed by atoms with E-state index in [0.29, 0.717) is 13.2 Å². The molecule has 0 aliphatic heterocycles. The molecule has 122 valence electrons. The molecule has 0 amide bonds. The van der Waals surface area contributed by atoms with Gasteiger partial charge in [-0.3, -0.25) is 0 Å². The summed E-state index contributed by atoms with van der Waals surface area (Å²) in [4.78, 5) is 0. The van der Waals surface area contributed by atoms with Crippen molar-refractivity contribution in [3.8, 4) is 11.5 Å². The molecule has 1 N–H and O–H groups in total. The molecule has 0 aliphatic rings. The van der Waals surface area contributed by atoms with Crippen LogP contribution in [0, 0.1) is 13.8 Å². The third kappa shape index (κ3) is 4.78. The zero-order valence-electron chi connectivity index (χ0n) is 14.2. The SMILES string of the molecule is C=CCOc1ccc(CNc2ccc(C)cc2C)cc1OCC. The second-order valence-corrected chi connectivity index (χ2v) is 5.49. The molecule has 0 aliphatic carbocycles. The number of hydrogen-bond acceptors (Lipinski definition) is 3. The van der Waals surface area contributed by atoms with E-state index in [1.807, 2.05) is 19.1 Å². The summed E-state index contributed by atoms with van der Waals surface area (Å²) in [5.41, 5.74) is 4.83. The second-order valence-electron chi connectivity index (χ2n) is 5.49. The highest BCUT2D eigenvalue weighted by Crippen LogP contribution is 2.29. The van der Waals surface area contributed by atoms with Crippen molar-refractivity contribution in [1.29, 1.82) is 0 Å². The Morgan fingerprint density at radius 3 is 2.57 bits per heavy atom. The van der Waals surface area contributed by atoms with Crippen LogP contribution in [0.4, 0.5) is 5.69 Å². The van der Waals surface area contributed by atoms with Crippen molar-refractivity contribution < 1.29 is 9.47 Å². The smallest absolute Gasteiger partial charge is 0.161 e. The molecule has 2 aromatic carbocycles. The lowest BCUT2D eigenvalue weighted by Crippen LogP contribution is -2.03. The molecule has 3 nitrogen and oxygen atoms in total. The Bertz CT molecular complexity index is 665. The molecule has 0 radical (unpaired) electrons. The number of ether oxygens (including phenoxy) is 2. The second kappa shape index (κ2) is 8.28. The van der Waals surface area contributed by atoms with Gasteiger partial charge in [-0.25, -0.2) is 0 Å². The Balaban J connectivity index is 2.10. The van der Waals surface area contributed by atoms with E-state index in [1.165, 1.54) is 11.1 Å². The van der Waals surface area contributed by atoms with Crippen LogP contribution in [0.25, 0.3) is 0 Å². The fourth-order valence-electron chi connectivity index (χ4n) is 2.41. The first-order valence-corrected chi connectivity index (χ1v) is 7.94. The molecule has 0 fully saturated rings. The number of anilines is 1. The summed E-state index contributed by atoms with van der Waals surface area (Å²) in [6.45, 7) is 11.7. The molecule has 0 heterocycles. The predicted octanol–water partition coefficient (Wildman–Crippen LogP) is 4.88. The van der Waals surface area contributed by atoms with Crippen LogP contribution in [0.2, 0.25) is 0 Å². The van der Waals surface area contributed by atoms with Crippen molar-refractivity contribution in [3.05, 3.63) is 65.7 Å². The van der Waals surface area contributed by atoms with Crippen molar-refractivity contribution in [3.63, 3.8) is 0 Å². The van der Waals surface area contributed by atoms with Gasteiger partial charge in [-0.2, -0.15) is 0 Å². The van der Waals surface area contributed by atoms with Crippen LogP contribution in [0.15, 0.2) is 49.1 Å². The van der Waals surface area contributed by atoms with Gasteiger partial charge in [0.15, 0.2) is 11.5 Å². The van der Waals surface area contributed by atoms with Crippen molar-refractivity contribution in [2.45, 2.75) is 27.3 Å². The molecule has 0 unspecified atom stereocenters. The molecule has 2 rings (SSSR count). The Kier molecular flexibility index (Phi) is 6.10. The summed E-state index contributed by atoms with van der Waals surface area (Å²) in [5.74, 6) is 1.52. The molecule has 3 heteroatoms. The minimum Gasteiger partial charge on any atom is -0.490 e. The Labute approximate surface area is 138 Å². The normalized spacial score (nSPS) is 10.2. The van der Waals surface area contributed by atoms with Crippen molar-refractivity contribution in [2.24, 2.45) is 0 Å². The maximum atomic E-state index is 5.68. The molecular formula is C20H25NO2. The molecule has 0 bridgehead atoms. The van der Waals surface area contributed by atoms with Gasteiger partial charge in [-0.05, 0) is 50.1 Å². The Morgan fingerprint density at radius 1 is 1.04 bits per heavy atom. The highest BCUT2D eigenvalue weighted by Gasteiger charge is 2.07. The van der Waals surface area contributed by atoms with Crippen LogP contribution in [0.1, 0.15) is 23.6 Å². The third-order valence-corrected chi connectivity index (χ3v) is 3.53. The largest absolute Gasteiger partial charge is 0.490 e. The van der Waals surface area contributed by atoms with E-state index < -0.39 is 0 Å². The van der Waals surface area contributed by atoms with E-state index in [-0.39, 0.29) is 0 Å². The van der Waals surface area contributed by atoms with Crippen LogP contribution >= 0.6 is 0 Å². The summed E-state index contributed by atoms with van der Waals surface area (Å²) in [6, 6.07) is 12.5. The maximum absolute atomic E-state index is 5.68. The van der Waals surface area contributed by atoms with Crippen LogP contribution in [-0.2, 0) is 6.54 Å². The minimum atomic E-state index is 0.472. The highest BCUT2D eigenvalue weighted by molar-refractivity contribution is 5.53. The van der Waals surface area contributed by atoms with Crippen LogP contribution in [0.3, 0.4) is 0 Å². The third-order valence-electron chi connectivity index (χ3n) is 3.53. The molecule has 0 spiro atoms. The first kappa shape index (κ1) is 16.9. The number of hydrogen-bond donors (Lipinski definition) is 1. The number of rotatable bonds is 8. The molecule has 23 heavy (non-hydrogen) atoms. The predicted molar refractivity (Wildman–Crippen MR) is 96.5 cm³/mol. The average Bonchev–Trinajstić information content (AvgIpc) is 2.53. The summed E-state index contributed by atoms with van der Waals surface area (Å²) in [6.07, 6.45) is 1.73. The first-order chi connectivity index (χ1) is 11.1. The number of aryl methyl sites for hydroxylation is 2. The van der Waals surface area contributed by atoms with Crippen LogP contribution < -0.4 is 14.8 Å². The first-order valence-electron chi connectivity index (χ1n) is 7.94. The van der Waals surface area contributed by atoms with Gasteiger partial charge in [0.1, 0.15) is 6.61 Å². The number of nitrogens with one attached hydrogen (secondary N) is 1. The quantitative estimate of drug-likeness (QED) is 0.705. The van der Waals surface area contributed by atoms with Crippen molar-refractivity contribution in [2.75, 3.05) is 18.5 Å². The van der Waals surface area contributed by atoms with Gasteiger partial charge in [0.25, 0.3) is 0 Å². The monoisotopic (exact) mass is 311 g/mol. The van der Waals surface area contributed by atoms with Gasteiger partial charge in [0, 0.05) is 12.2 Å². The van der Waals surface area contributed by atoms with E-state index in [9.17, 15) is 0 Å². The lowest BCUT2D eigenvalue weighted by atomic mass is 10.1. The van der Waals surface area contributed by atoms with Gasteiger partial charge in [-0.15, -0.1) is 0 Å². The summed E-state index contributed by atoms with van der Waals surface area (Å²) < 4.78 is 11.3. The van der Waals surface area contributed by atoms with E-state index >= 15 is 0 Å². The van der Waals surface area contributed by atoms with Gasteiger partial charge >= 0.3 is 0 Å². The van der Waals surface area contributed by atoms with Gasteiger partial charge in [-0.1, -0.05) is 36.4 Å². The minimum absolute atomic E-state index is 0.472. The molecule has 0 atom stereocenters. The van der Waals surface area contributed by atoms with E-state index in [4.69, 9.17) is 9.47 Å². The molecule has 0 saturated heterocycles. The molecule has 0 aromatic heterocycles. The maximum Gasteiger partial charge on any atom is 0.161 e. The van der Waals surface area contributed by atoms with Crippen LogP contribution in [-0.4, -0.2) is 13.2 Å². The van der Waals surface area contributed by atoms with Gasteiger partial charge in [0.2, 0.25) is 0 Å². The summed E-state index contributed by atoms with van der Waals surface area (Å²) in [7, 11) is 0. The number of benzene rings is 2. The fraction of sp³-hybridized carbons (Fsp3) is 0.300. The molecule has 2 aromatic rings. The van der Waals surface area contributed by atoms with Crippen molar-refractivity contribution >= 4 is 5.69 Å². The van der Waals surface area contributed by atoms with Crippen molar-refractivity contribution in [1.82, 2.24) is 0 Å². The van der Waals surface area contributed by atoms with E-state index in [1.54, 1.807) is 6.08 Å². The average molecular weight is 311 g/mol. The Morgan fingerprint density at radius 2 is 1.87 bits per heavy atom. The highest BCUT2D eigenvalue weighted by atomic mass is 16.5. The summed E-state index contributed by atoms with van der Waals surface area (Å²) in [5, 5.41) is 3.48. The zero-order valence-corrected chi connectivity index (χ0v) is 14.2. The van der Waals surface area contributed by atoms with Gasteiger partial charge < -0.3 is 14.8 Å². The molecular weight excluding hydrogens is 286 g/mol. The lowest BCUT2D eigenvalue weighted by Gasteiger charge is -2.14. The van der Waals surface area contributed by atoms with Gasteiger partial charge in [0.05, 0.1) is 6.61 Å². The topological polar surface area (TPSA) is 30.5 Å². The Hall–Kier alpha value is -2.42. The van der Waals surface area contributed by atoms with E-state index in [2.05, 4.69) is 50.0 Å².